The number of aryl methyl sites for hydroxylation is 1. The summed E-state index contributed by atoms with van der Waals surface area (Å²) >= 11 is 3.91. The predicted octanol–water partition coefficient (Wildman–Crippen LogP) is 1.93. The first-order valence-corrected chi connectivity index (χ1v) is 3.70. The van der Waals surface area contributed by atoms with Crippen molar-refractivity contribution in [3.63, 3.8) is 0 Å². The molecule has 0 aromatic heterocycles. The van der Waals surface area contributed by atoms with E-state index in [9.17, 15) is 0 Å². The Labute approximate surface area is 67.0 Å². The first kappa shape index (κ1) is 7.63. The molecule has 1 N–H and O–H groups in total. The number of thiol groups is 1. The van der Waals surface area contributed by atoms with Crippen LogP contribution in [-0.4, -0.2) is 0 Å². The van der Waals surface area contributed by atoms with Crippen molar-refractivity contribution in [2.75, 3.05) is 0 Å². The summed E-state index contributed by atoms with van der Waals surface area (Å²) in [5.41, 5.74) is 2.56. The number of rotatable bonds is 2. The van der Waals surface area contributed by atoms with Crippen LogP contribution in [0, 0.1) is 6.92 Å². The van der Waals surface area contributed by atoms with E-state index in [1.165, 1.54) is 11.1 Å². The molecule has 1 rings (SSSR count). The lowest BCUT2D eigenvalue weighted by Gasteiger charge is -1.98. The van der Waals surface area contributed by atoms with Gasteiger partial charge in [-0.3, -0.25) is 4.72 Å². The van der Waals surface area contributed by atoms with Gasteiger partial charge in [0.15, 0.2) is 0 Å². The summed E-state index contributed by atoms with van der Waals surface area (Å²) in [5, 5.41) is 0. The third-order valence-electron chi connectivity index (χ3n) is 1.40. The smallest absolute Gasteiger partial charge is 0.0307 e. The van der Waals surface area contributed by atoms with E-state index in [-0.39, 0.29) is 0 Å². The second-order valence-corrected chi connectivity index (χ2v) is 2.64. The van der Waals surface area contributed by atoms with E-state index in [1.54, 1.807) is 0 Å². The predicted molar refractivity (Wildman–Crippen MR) is 47.0 cm³/mol. The van der Waals surface area contributed by atoms with E-state index in [0.717, 1.165) is 6.54 Å². The zero-order chi connectivity index (χ0) is 7.40. The van der Waals surface area contributed by atoms with Crippen LogP contribution in [-0.2, 0) is 6.54 Å². The van der Waals surface area contributed by atoms with Crippen LogP contribution in [0.25, 0.3) is 0 Å². The maximum absolute atomic E-state index is 3.91. The van der Waals surface area contributed by atoms with Gasteiger partial charge in [0.25, 0.3) is 0 Å². The summed E-state index contributed by atoms with van der Waals surface area (Å²) in [5.74, 6) is 0. The molecule has 0 unspecified atom stereocenters. The Kier molecular flexibility index (Phi) is 2.78. The highest BCUT2D eigenvalue weighted by Crippen LogP contribution is 2.02. The van der Waals surface area contributed by atoms with Gasteiger partial charge in [-0.05, 0) is 12.5 Å². The van der Waals surface area contributed by atoms with Crippen LogP contribution < -0.4 is 4.72 Å². The van der Waals surface area contributed by atoms with E-state index in [2.05, 4.69) is 48.7 Å². The molecular weight excluding hydrogens is 142 g/mol. The third kappa shape index (κ3) is 2.05. The minimum absolute atomic E-state index is 0.823. The lowest BCUT2D eigenvalue weighted by atomic mass is 10.2. The van der Waals surface area contributed by atoms with Gasteiger partial charge in [-0.25, -0.2) is 0 Å². The molecule has 0 saturated heterocycles. The maximum atomic E-state index is 3.91. The molecule has 0 fully saturated rings. The van der Waals surface area contributed by atoms with Crippen LogP contribution in [0.4, 0.5) is 0 Å². The molecule has 0 spiro atoms. The Bertz CT molecular complexity index is 193. The molecule has 0 aliphatic carbocycles. The van der Waals surface area contributed by atoms with Gasteiger partial charge in [0.05, 0.1) is 0 Å². The average molecular weight is 153 g/mol. The molecule has 0 heterocycles. The van der Waals surface area contributed by atoms with Crippen molar-refractivity contribution in [1.82, 2.24) is 4.72 Å². The van der Waals surface area contributed by atoms with E-state index < -0.39 is 0 Å². The molecular formula is C8H11NS. The Hall–Kier alpha value is -0.470. The number of hydrogen-bond acceptors (Lipinski definition) is 2. The van der Waals surface area contributed by atoms with Gasteiger partial charge in [0.1, 0.15) is 0 Å². The Balaban J connectivity index is 2.69. The van der Waals surface area contributed by atoms with Crippen molar-refractivity contribution < 1.29 is 0 Å². The first-order valence-electron chi connectivity index (χ1n) is 3.25. The zero-order valence-corrected chi connectivity index (χ0v) is 6.86. The monoisotopic (exact) mass is 153 g/mol. The first-order chi connectivity index (χ1) is 4.83. The molecule has 1 nitrogen and oxygen atoms in total. The highest BCUT2D eigenvalue weighted by molar-refractivity contribution is 7.78. The molecule has 0 atom stereocenters. The van der Waals surface area contributed by atoms with Crippen LogP contribution >= 0.6 is 12.8 Å². The van der Waals surface area contributed by atoms with Crippen LogP contribution in [0.15, 0.2) is 24.3 Å². The standard InChI is InChI=1S/C8H11NS/c1-7-2-4-8(5-3-7)6-9-10/h2-5,9-10H,6H2,1H3. The molecule has 2 heteroatoms. The van der Waals surface area contributed by atoms with Gasteiger partial charge < -0.3 is 0 Å². The summed E-state index contributed by atoms with van der Waals surface area (Å²) < 4.78 is 2.80. The normalized spacial score (nSPS) is 9.80. The van der Waals surface area contributed by atoms with Gasteiger partial charge >= 0.3 is 0 Å². The van der Waals surface area contributed by atoms with Gasteiger partial charge in [-0.1, -0.05) is 42.6 Å². The summed E-state index contributed by atoms with van der Waals surface area (Å²) in [7, 11) is 0. The molecule has 0 radical (unpaired) electrons. The minimum Gasteiger partial charge on any atom is -0.262 e. The van der Waals surface area contributed by atoms with Gasteiger partial charge in [-0.2, -0.15) is 0 Å². The highest BCUT2D eigenvalue weighted by Gasteiger charge is 1.87. The largest absolute Gasteiger partial charge is 0.262 e. The van der Waals surface area contributed by atoms with Crippen molar-refractivity contribution in [2.45, 2.75) is 13.5 Å². The lowest BCUT2D eigenvalue weighted by Crippen LogP contribution is -1.97. The van der Waals surface area contributed by atoms with Gasteiger partial charge in [-0.15, -0.1) is 0 Å². The molecule has 54 valence electrons. The quantitative estimate of drug-likeness (QED) is 0.619. The Morgan fingerprint density at radius 3 is 2.40 bits per heavy atom. The number of nitrogens with one attached hydrogen (secondary N) is 1. The molecule has 0 aliphatic heterocycles. The fourth-order valence-corrected chi connectivity index (χ4v) is 0.980. The molecule has 0 saturated carbocycles. The Morgan fingerprint density at radius 2 is 1.90 bits per heavy atom. The number of hydrogen-bond donors (Lipinski definition) is 2. The lowest BCUT2D eigenvalue weighted by molar-refractivity contribution is 0.984. The maximum Gasteiger partial charge on any atom is 0.0307 e. The third-order valence-corrected chi connectivity index (χ3v) is 1.56. The number of benzene rings is 1. The second-order valence-electron chi connectivity index (χ2n) is 2.32. The summed E-state index contributed by atoms with van der Waals surface area (Å²) in [6.07, 6.45) is 0. The van der Waals surface area contributed by atoms with E-state index >= 15 is 0 Å². The topological polar surface area (TPSA) is 12.0 Å². The van der Waals surface area contributed by atoms with Crippen molar-refractivity contribution in [1.29, 1.82) is 0 Å². The van der Waals surface area contributed by atoms with Crippen LogP contribution in [0.3, 0.4) is 0 Å². The van der Waals surface area contributed by atoms with Crippen molar-refractivity contribution in [2.24, 2.45) is 0 Å². The summed E-state index contributed by atoms with van der Waals surface area (Å²) in [4.78, 5) is 0. The van der Waals surface area contributed by atoms with Crippen LogP contribution in [0.1, 0.15) is 11.1 Å². The van der Waals surface area contributed by atoms with Crippen molar-refractivity contribution in [3.05, 3.63) is 35.4 Å². The molecule has 0 aliphatic rings. The fourth-order valence-electron chi connectivity index (χ4n) is 0.797. The van der Waals surface area contributed by atoms with Gasteiger partial charge in [0, 0.05) is 6.54 Å². The fraction of sp³-hybridized carbons (Fsp3) is 0.250. The minimum atomic E-state index is 0.823. The summed E-state index contributed by atoms with van der Waals surface area (Å²) in [6.45, 7) is 2.90. The summed E-state index contributed by atoms with van der Waals surface area (Å²) in [6, 6.07) is 8.39. The van der Waals surface area contributed by atoms with Crippen LogP contribution in [0.5, 0.6) is 0 Å². The van der Waals surface area contributed by atoms with Crippen LogP contribution in [0.2, 0.25) is 0 Å². The second kappa shape index (κ2) is 3.64. The zero-order valence-electron chi connectivity index (χ0n) is 5.96. The Morgan fingerprint density at radius 1 is 1.30 bits per heavy atom. The molecule has 0 bridgehead atoms. The molecule has 1 aromatic carbocycles. The average Bonchev–Trinajstić information content (AvgIpc) is 1.95. The SMILES string of the molecule is Cc1ccc(CNS)cc1. The van der Waals surface area contributed by atoms with Crippen molar-refractivity contribution in [3.8, 4) is 0 Å². The van der Waals surface area contributed by atoms with E-state index in [4.69, 9.17) is 0 Å². The molecule has 10 heavy (non-hydrogen) atoms. The highest BCUT2D eigenvalue weighted by atomic mass is 32.1. The van der Waals surface area contributed by atoms with E-state index in [0.29, 0.717) is 0 Å². The van der Waals surface area contributed by atoms with Crippen molar-refractivity contribution >= 4 is 12.8 Å². The molecule has 0 amide bonds. The van der Waals surface area contributed by atoms with Gasteiger partial charge in [0.2, 0.25) is 0 Å². The van der Waals surface area contributed by atoms with E-state index in [1.807, 2.05) is 0 Å². The molecule has 1 aromatic rings.